The van der Waals surface area contributed by atoms with Gasteiger partial charge in [0.2, 0.25) is 0 Å². The SMILES string of the molecule is Nc1c2c(cc(=O)n1-c1cc(O)ccc1F)C(=O)NC2=O. The van der Waals surface area contributed by atoms with E-state index in [-0.39, 0.29) is 28.4 Å². The number of aromatic hydroxyl groups is 1. The van der Waals surface area contributed by atoms with Gasteiger partial charge in [0.1, 0.15) is 17.4 Å². The Balaban J connectivity index is 2.38. The molecule has 0 aliphatic carbocycles. The predicted octanol–water partition coefficient (Wildman–Crippen LogP) is 0.148. The quantitative estimate of drug-likeness (QED) is 0.646. The van der Waals surface area contributed by atoms with Crippen LogP contribution in [-0.4, -0.2) is 21.5 Å². The number of nitrogens with two attached hydrogens (primary N) is 1. The smallest absolute Gasteiger partial charge is 0.262 e. The van der Waals surface area contributed by atoms with Crippen LogP contribution in [0.2, 0.25) is 0 Å². The second-order valence-electron chi connectivity index (χ2n) is 4.41. The van der Waals surface area contributed by atoms with Crippen molar-refractivity contribution in [2.75, 3.05) is 5.73 Å². The standard InChI is InChI=1S/C13H8FN3O4/c14-7-2-1-5(18)3-8(7)17-9(19)4-6-10(11(17)15)13(21)16-12(6)20/h1-4,18H,15H2,(H,16,20,21). The molecule has 1 aromatic heterocycles. The number of hydrogen-bond donors (Lipinski definition) is 3. The normalized spacial score (nSPS) is 13.2. The van der Waals surface area contributed by atoms with Crippen LogP contribution in [0, 0.1) is 5.82 Å². The summed E-state index contributed by atoms with van der Waals surface area (Å²) in [5, 5.41) is 11.4. The number of carbonyl (C=O) groups is 2. The molecule has 1 aromatic carbocycles. The Kier molecular flexibility index (Phi) is 2.55. The Morgan fingerprint density at radius 3 is 2.57 bits per heavy atom. The lowest BCUT2D eigenvalue weighted by Crippen LogP contribution is -2.24. The summed E-state index contributed by atoms with van der Waals surface area (Å²) in [6.07, 6.45) is 0. The number of nitrogens with one attached hydrogen (secondary N) is 1. The minimum Gasteiger partial charge on any atom is -0.508 e. The van der Waals surface area contributed by atoms with E-state index in [1.165, 1.54) is 0 Å². The van der Waals surface area contributed by atoms with Gasteiger partial charge in [0, 0.05) is 12.1 Å². The number of aromatic nitrogens is 1. The minimum atomic E-state index is -0.814. The monoisotopic (exact) mass is 289 g/mol. The van der Waals surface area contributed by atoms with E-state index in [4.69, 9.17) is 5.73 Å². The van der Waals surface area contributed by atoms with Gasteiger partial charge in [0.15, 0.2) is 0 Å². The molecule has 0 saturated heterocycles. The highest BCUT2D eigenvalue weighted by Crippen LogP contribution is 2.25. The number of fused-ring (bicyclic) bond motifs is 1. The van der Waals surface area contributed by atoms with E-state index in [1.54, 1.807) is 0 Å². The summed E-state index contributed by atoms with van der Waals surface area (Å²) in [6.45, 7) is 0. The highest BCUT2D eigenvalue weighted by molar-refractivity contribution is 6.23. The molecule has 0 spiro atoms. The molecule has 106 valence electrons. The maximum absolute atomic E-state index is 13.8. The van der Waals surface area contributed by atoms with Crippen LogP contribution in [0.5, 0.6) is 5.75 Å². The van der Waals surface area contributed by atoms with Crippen molar-refractivity contribution in [1.29, 1.82) is 0 Å². The average Bonchev–Trinajstić information content (AvgIpc) is 2.68. The molecule has 2 aromatic rings. The van der Waals surface area contributed by atoms with Gasteiger partial charge in [-0.1, -0.05) is 0 Å². The van der Waals surface area contributed by atoms with Crippen LogP contribution in [-0.2, 0) is 0 Å². The average molecular weight is 289 g/mol. The Hall–Kier alpha value is -3.16. The van der Waals surface area contributed by atoms with E-state index < -0.39 is 23.2 Å². The van der Waals surface area contributed by atoms with E-state index in [0.717, 1.165) is 28.8 Å². The van der Waals surface area contributed by atoms with Crippen molar-refractivity contribution >= 4 is 17.6 Å². The van der Waals surface area contributed by atoms with Crippen LogP contribution < -0.4 is 16.6 Å². The molecule has 3 rings (SSSR count). The first-order valence-electron chi connectivity index (χ1n) is 5.80. The third-order valence-corrected chi connectivity index (χ3v) is 3.12. The second-order valence-corrected chi connectivity index (χ2v) is 4.41. The zero-order valence-corrected chi connectivity index (χ0v) is 10.4. The van der Waals surface area contributed by atoms with Crippen LogP contribution in [0.25, 0.3) is 5.69 Å². The zero-order valence-electron chi connectivity index (χ0n) is 10.4. The highest BCUT2D eigenvalue weighted by atomic mass is 19.1. The molecule has 2 heterocycles. The number of anilines is 1. The fourth-order valence-electron chi connectivity index (χ4n) is 2.20. The third-order valence-electron chi connectivity index (χ3n) is 3.12. The number of phenolic OH excluding ortho intramolecular Hbond substituents is 1. The summed E-state index contributed by atoms with van der Waals surface area (Å²) in [4.78, 5) is 35.2. The molecule has 4 N–H and O–H groups in total. The number of phenols is 1. The van der Waals surface area contributed by atoms with Crippen molar-refractivity contribution in [3.05, 3.63) is 51.6 Å². The number of benzene rings is 1. The van der Waals surface area contributed by atoms with Gasteiger partial charge < -0.3 is 10.8 Å². The molecule has 0 radical (unpaired) electrons. The van der Waals surface area contributed by atoms with Gasteiger partial charge >= 0.3 is 0 Å². The minimum absolute atomic E-state index is 0.153. The molecular weight excluding hydrogens is 281 g/mol. The molecule has 2 amide bonds. The molecule has 0 bridgehead atoms. The number of pyridine rings is 1. The van der Waals surface area contributed by atoms with E-state index in [2.05, 4.69) is 0 Å². The van der Waals surface area contributed by atoms with Gasteiger partial charge in [-0.3, -0.25) is 24.3 Å². The molecule has 0 unspecified atom stereocenters. The second kappa shape index (κ2) is 4.17. The summed E-state index contributed by atoms with van der Waals surface area (Å²) >= 11 is 0. The van der Waals surface area contributed by atoms with E-state index in [1.807, 2.05) is 5.32 Å². The first-order chi connectivity index (χ1) is 9.90. The van der Waals surface area contributed by atoms with Gasteiger partial charge in [-0.25, -0.2) is 4.39 Å². The van der Waals surface area contributed by atoms with Gasteiger partial charge in [-0.05, 0) is 12.1 Å². The maximum atomic E-state index is 13.8. The Labute approximate surface area is 116 Å². The van der Waals surface area contributed by atoms with Gasteiger partial charge in [-0.15, -0.1) is 0 Å². The van der Waals surface area contributed by atoms with E-state index in [0.29, 0.717) is 0 Å². The number of nitrogens with zero attached hydrogens (tertiary/aromatic N) is 1. The fourth-order valence-corrected chi connectivity index (χ4v) is 2.20. The number of imide groups is 1. The highest BCUT2D eigenvalue weighted by Gasteiger charge is 2.32. The number of nitrogen functional groups attached to an aromatic ring is 1. The summed E-state index contributed by atoms with van der Waals surface area (Å²) in [5.41, 5.74) is 4.29. The van der Waals surface area contributed by atoms with Crippen LogP contribution >= 0.6 is 0 Å². The predicted molar refractivity (Wildman–Crippen MR) is 69.9 cm³/mol. The lowest BCUT2D eigenvalue weighted by molar-refractivity contribution is 0.0880. The lowest BCUT2D eigenvalue weighted by atomic mass is 10.1. The molecular formula is C13H8FN3O4. The number of carbonyl (C=O) groups excluding carboxylic acids is 2. The van der Waals surface area contributed by atoms with Crippen LogP contribution in [0.3, 0.4) is 0 Å². The van der Waals surface area contributed by atoms with E-state index >= 15 is 0 Å². The first kappa shape index (κ1) is 12.9. The number of halogens is 1. The largest absolute Gasteiger partial charge is 0.508 e. The van der Waals surface area contributed by atoms with Gasteiger partial charge in [0.25, 0.3) is 17.4 Å². The van der Waals surface area contributed by atoms with E-state index in [9.17, 15) is 23.9 Å². The van der Waals surface area contributed by atoms with Crippen molar-refractivity contribution in [2.45, 2.75) is 0 Å². The summed E-state index contributed by atoms with van der Waals surface area (Å²) in [7, 11) is 0. The van der Waals surface area contributed by atoms with Gasteiger partial charge in [-0.2, -0.15) is 0 Å². The fraction of sp³-hybridized carbons (Fsp3) is 0. The number of amides is 2. The maximum Gasteiger partial charge on any atom is 0.262 e. The summed E-state index contributed by atoms with van der Waals surface area (Å²) in [6, 6.07) is 3.95. The van der Waals surface area contributed by atoms with Crippen LogP contribution in [0.1, 0.15) is 20.7 Å². The third kappa shape index (κ3) is 1.76. The lowest BCUT2D eigenvalue weighted by Gasteiger charge is -2.12. The summed E-state index contributed by atoms with van der Waals surface area (Å²) < 4.78 is 14.6. The molecule has 1 aliphatic rings. The molecule has 1 aliphatic heterocycles. The van der Waals surface area contributed by atoms with Crippen LogP contribution in [0.4, 0.5) is 10.2 Å². The molecule has 0 fully saturated rings. The van der Waals surface area contributed by atoms with Crippen molar-refractivity contribution < 1.29 is 19.1 Å². The number of rotatable bonds is 1. The van der Waals surface area contributed by atoms with Crippen molar-refractivity contribution in [1.82, 2.24) is 9.88 Å². The topological polar surface area (TPSA) is 114 Å². The van der Waals surface area contributed by atoms with Gasteiger partial charge in [0.05, 0.1) is 16.8 Å². The molecule has 0 atom stereocenters. The Bertz CT molecular complexity index is 872. The molecule has 7 nitrogen and oxygen atoms in total. The summed E-state index contributed by atoms with van der Waals surface area (Å²) in [5.74, 6) is -2.96. The molecule has 8 heteroatoms. The molecule has 0 saturated carbocycles. The van der Waals surface area contributed by atoms with Crippen LogP contribution in [0.15, 0.2) is 29.1 Å². The number of hydrogen-bond acceptors (Lipinski definition) is 5. The van der Waals surface area contributed by atoms with Crippen molar-refractivity contribution in [2.24, 2.45) is 0 Å². The van der Waals surface area contributed by atoms with Crippen molar-refractivity contribution in [3.8, 4) is 11.4 Å². The first-order valence-corrected chi connectivity index (χ1v) is 5.80. The van der Waals surface area contributed by atoms with Crippen molar-refractivity contribution in [3.63, 3.8) is 0 Å². The Morgan fingerprint density at radius 1 is 1.14 bits per heavy atom. The zero-order chi connectivity index (χ0) is 15.3. The Morgan fingerprint density at radius 2 is 1.86 bits per heavy atom. The molecule has 21 heavy (non-hydrogen) atoms.